The molecule has 0 spiro atoms. The van der Waals surface area contributed by atoms with Crippen LogP contribution in [0, 0.1) is 13.8 Å². The van der Waals surface area contributed by atoms with Crippen molar-refractivity contribution in [1.82, 2.24) is 9.55 Å². The molecule has 0 amide bonds. The molecule has 2 aromatic carbocycles. The van der Waals surface area contributed by atoms with Crippen molar-refractivity contribution in [3.05, 3.63) is 64.9 Å². The highest BCUT2D eigenvalue weighted by Crippen LogP contribution is 2.17. The van der Waals surface area contributed by atoms with Crippen LogP contribution < -0.4 is 10.8 Å². The molecule has 5 heteroatoms. The summed E-state index contributed by atoms with van der Waals surface area (Å²) in [4.78, 5) is 9.74. The second-order valence-electron chi connectivity index (χ2n) is 7.19. The smallest absolute Gasteiger partial charge is 0.199 e. The van der Waals surface area contributed by atoms with Crippen LogP contribution in [-0.4, -0.2) is 14.7 Å². The fourth-order valence-electron chi connectivity index (χ4n) is 3.61. The Balaban J connectivity index is 1.83. The zero-order valence-corrected chi connectivity index (χ0v) is 16.6. The Morgan fingerprint density at radius 2 is 1.96 bits per heavy atom. The van der Waals surface area contributed by atoms with E-state index in [0.717, 1.165) is 52.9 Å². The lowest BCUT2D eigenvalue weighted by atomic mass is 10.1. The third-order valence-electron chi connectivity index (χ3n) is 5.09. The first kappa shape index (κ1) is 17.9. The minimum Gasteiger partial charge on any atom is -0.331 e. The Morgan fingerprint density at radius 3 is 2.85 bits per heavy atom. The Hall–Kier alpha value is -2.53. The highest BCUT2D eigenvalue weighted by atomic mass is 32.1. The molecule has 1 aliphatic heterocycles. The van der Waals surface area contributed by atoms with E-state index >= 15 is 0 Å². The van der Waals surface area contributed by atoms with E-state index in [2.05, 4.69) is 54.1 Å². The Labute approximate surface area is 165 Å². The lowest BCUT2D eigenvalue weighted by Gasteiger charge is -2.14. The number of hydrogen-bond donors (Lipinski definition) is 1. The minimum atomic E-state index is 0.485. The topological polar surface area (TPSA) is 42.2 Å². The average Bonchev–Trinajstić information content (AvgIpc) is 2.90. The highest BCUT2D eigenvalue weighted by molar-refractivity contribution is 7.80. The van der Waals surface area contributed by atoms with Crippen LogP contribution in [0.1, 0.15) is 36.2 Å². The van der Waals surface area contributed by atoms with Crippen LogP contribution in [0.5, 0.6) is 0 Å². The maximum atomic E-state index is 5.61. The number of nitrogens with zero attached hydrogens (tertiary/aromatic N) is 3. The summed E-state index contributed by atoms with van der Waals surface area (Å²) in [6, 6.07) is 14.5. The first-order chi connectivity index (χ1) is 13.1. The molecule has 0 fully saturated rings. The van der Waals surface area contributed by atoms with Crippen LogP contribution in [0.15, 0.2) is 47.5 Å². The van der Waals surface area contributed by atoms with Gasteiger partial charge in [0.2, 0.25) is 0 Å². The lowest BCUT2D eigenvalue weighted by Crippen LogP contribution is -2.28. The van der Waals surface area contributed by atoms with Crippen molar-refractivity contribution in [1.29, 1.82) is 0 Å². The zero-order chi connectivity index (χ0) is 18.8. The minimum absolute atomic E-state index is 0.485. The summed E-state index contributed by atoms with van der Waals surface area (Å²) in [6.07, 6.45) is 4.54. The molecule has 0 unspecified atom stereocenters. The van der Waals surface area contributed by atoms with E-state index in [1.54, 1.807) is 0 Å². The van der Waals surface area contributed by atoms with E-state index < -0.39 is 0 Å². The van der Waals surface area contributed by atoms with Gasteiger partial charge in [0.15, 0.2) is 5.11 Å². The third kappa shape index (κ3) is 3.78. The van der Waals surface area contributed by atoms with E-state index in [4.69, 9.17) is 22.2 Å². The van der Waals surface area contributed by atoms with Crippen molar-refractivity contribution in [3.8, 4) is 0 Å². The Kier molecular flexibility index (Phi) is 5.03. The molecule has 0 bridgehead atoms. The lowest BCUT2D eigenvalue weighted by molar-refractivity contribution is 0.608. The number of hydrogen-bond acceptors (Lipinski definition) is 2. The Bertz CT molecular complexity index is 1080. The third-order valence-corrected chi connectivity index (χ3v) is 5.28. The molecule has 0 aliphatic carbocycles. The summed E-state index contributed by atoms with van der Waals surface area (Å²) < 4.78 is 2.26. The van der Waals surface area contributed by atoms with Gasteiger partial charge >= 0.3 is 0 Å². The first-order valence-corrected chi connectivity index (χ1v) is 9.94. The van der Waals surface area contributed by atoms with Gasteiger partial charge in [-0.25, -0.2) is 9.98 Å². The predicted molar refractivity (Wildman–Crippen MR) is 115 cm³/mol. The first-order valence-electron chi connectivity index (χ1n) is 9.53. The molecule has 0 saturated carbocycles. The monoisotopic (exact) mass is 376 g/mol. The van der Waals surface area contributed by atoms with Crippen molar-refractivity contribution >= 4 is 33.9 Å². The van der Waals surface area contributed by atoms with Gasteiger partial charge in [0.05, 0.1) is 5.52 Å². The van der Waals surface area contributed by atoms with E-state index in [0.29, 0.717) is 5.11 Å². The standard InChI is InChI=1S/C22H24N4S/c1-15-11-12-16(2)19(14-15)24-22(27)25-21-17-8-5-6-9-18(17)23-20-10-4-3-7-13-26(20)21/h5-6,8-9,11-12,14H,3-4,7,10,13H2,1-2H3,(H,24,27). The van der Waals surface area contributed by atoms with Gasteiger partial charge in [0, 0.05) is 24.0 Å². The predicted octanol–water partition coefficient (Wildman–Crippen LogP) is 4.68. The number of thiocarbonyl (C=S) groups is 1. The SMILES string of the molecule is Cc1ccc(C)c(NC(=S)N=c2c3ccccc3nc3n2CCCCC3)c1. The number of para-hydroxylation sites is 1. The van der Waals surface area contributed by atoms with Gasteiger partial charge in [0.1, 0.15) is 11.3 Å². The van der Waals surface area contributed by atoms with Gasteiger partial charge in [-0.15, -0.1) is 0 Å². The summed E-state index contributed by atoms with van der Waals surface area (Å²) in [5.41, 5.74) is 5.27. The van der Waals surface area contributed by atoms with Gasteiger partial charge in [-0.3, -0.25) is 0 Å². The van der Waals surface area contributed by atoms with E-state index in [1.165, 1.54) is 18.4 Å². The summed E-state index contributed by atoms with van der Waals surface area (Å²) in [5.74, 6) is 1.11. The second-order valence-corrected chi connectivity index (χ2v) is 7.58. The molecular formula is C22H24N4S. The maximum absolute atomic E-state index is 5.61. The number of aryl methyl sites for hydroxylation is 3. The van der Waals surface area contributed by atoms with Gasteiger partial charge in [-0.1, -0.05) is 30.7 Å². The molecule has 0 radical (unpaired) electrons. The largest absolute Gasteiger partial charge is 0.331 e. The molecule has 138 valence electrons. The van der Waals surface area contributed by atoms with E-state index in [-0.39, 0.29) is 0 Å². The molecule has 1 N–H and O–H groups in total. The van der Waals surface area contributed by atoms with Crippen LogP contribution in [0.4, 0.5) is 5.69 Å². The average molecular weight is 377 g/mol. The van der Waals surface area contributed by atoms with E-state index in [1.807, 2.05) is 12.1 Å². The molecular weight excluding hydrogens is 352 g/mol. The molecule has 4 rings (SSSR count). The van der Waals surface area contributed by atoms with Crippen molar-refractivity contribution in [3.63, 3.8) is 0 Å². The Morgan fingerprint density at radius 1 is 1.11 bits per heavy atom. The summed E-state index contributed by atoms with van der Waals surface area (Å²) >= 11 is 5.61. The molecule has 1 aromatic heterocycles. The zero-order valence-electron chi connectivity index (χ0n) is 15.8. The van der Waals surface area contributed by atoms with Crippen molar-refractivity contribution in [2.75, 3.05) is 5.32 Å². The van der Waals surface area contributed by atoms with Gasteiger partial charge in [-0.2, -0.15) is 0 Å². The van der Waals surface area contributed by atoms with Crippen LogP contribution in [0.3, 0.4) is 0 Å². The van der Waals surface area contributed by atoms with Crippen LogP contribution in [-0.2, 0) is 13.0 Å². The molecule has 2 heterocycles. The molecule has 0 saturated heterocycles. The summed E-state index contributed by atoms with van der Waals surface area (Å²) in [7, 11) is 0. The summed E-state index contributed by atoms with van der Waals surface area (Å²) in [6.45, 7) is 5.10. The van der Waals surface area contributed by atoms with Crippen molar-refractivity contribution < 1.29 is 0 Å². The van der Waals surface area contributed by atoms with Crippen LogP contribution >= 0.6 is 12.2 Å². The van der Waals surface area contributed by atoms with Crippen molar-refractivity contribution in [2.45, 2.75) is 46.1 Å². The highest BCUT2D eigenvalue weighted by Gasteiger charge is 2.13. The molecule has 4 nitrogen and oxygen atoms in total. The van der Waals surface area contributed by atoms with Crippen LogP contribution in [0.25, 0.3) is 10.9 Å². The maximum Gasteiger partial charge on any atom is 0.199 e. The molecule has 3 aromatic rings. The van der Waals surface area contributed by atoms with E-state index in [9.17, 15) is 0 Å². The number of nitrogens with one attached hydrogen (secondary N) is 1. The normalized spacial score (nSPS) is 14.7. The number of anilines is 1. The van der Waals surface area contributed by atoms with Gasteiger partial charge in [-0.05, 0) is 68.2 Å². The number of fused-ring (bicyclic) bond motifs is 2. The number of aromatic nitrogens is 2. The fraction of sp³-hybridized carbons (Fsp3) is 0.318. The van der Waals surface area contributed by atoms with Crippen LogP contribution in [0.2, 0.25) is 0 Å². The molecule has 0 atom stereocenters. The number of rotatable bonds is 1. The van der Waals surface area contributed by atoms with Crippen molar-refractivity contribution in [2.24, 2.45) is 4.99 Å². The second kappa shape index (κ2) is 7.61. The fourth-order valence-corrected chi connectivity index (χ4v) is 3.81. The van der Waals surface area contributed by atoms with Gasteiger partial charge < -0.3 is 9.88 Å². The molecule has 1 aliphatic rings. The molecule has 27 heavy (non-hydrogen) atoms. The summed E-state index contributed by atoms with van der Waals surface area (Å²) in [5, 5.41) is 4.85. The quantitative estimate of drug-likeness (QED) is 0.627. The van der Waals surface area contributed by atoms with Gasteiger partial charge in [0.25, 0.3) is 0 Å². The number of benzene rings is 2.